The molecule has 6 heteroatoms. The Morgan fingerprint density at radius 3 is 2.47 bits per heavy atom. The Labute approximate surface area is 113 Å². The highest BCUT2D eigenvalue weighted by Crippen LogP contribution is 2.43. The molecule has 0 aromatic rings. The highest BCUT2D eigenvalue weighted by atomic mass is 16.4. The number of carboxylic acid groups (broad SMARTS) is 1. The molecular weight excluding hydrogens is 246 g/mol. The van der Waals surface area contributed by atoms with Gasteiger partial charge in [-0.15, -0.1) is 0 Å². The normalized spacial score (nSPS) is 22.5. The van der Waals surface area contributed by atoms with Crippen LogP contribution < -0.4 is 10.6 Å². The van der Waals surface area contributed by atoms with Crippen LogP contribution >= 0.6 is 0 Å². The molecule has 0 bridgehead atoms. The van der Waals surface area contributed by atoms with Crippen LogP contribution in [0.15, 0.2) is 0 Å². The largest absolute Gasteiger partial charge is 0.481 e. The van der Waals surface area contributed by atoms with Gasteiger partial charge in [0, 0.05) is 32.7 Å². The van der Waals surface area contributed by atoms with Gasteiger partial charge in [-0.3, -0.25) is 14.5 Å². The number of nitrogens with zero attached hydrogens (tertiary/aromatic N) is 1. The van der Waals surface area contributed by atoms with E-state index in [9.17, 15) is 9.59 Å². The molecule has 2 aliphatic rings. The van der Waals surface area contributed by atoms with Crippen LogP contribution in [0, 0.1) is 5.41 Å². The average Bonchev–Trinajstić information content (AvgIpc) is 2.33. The molecule has 1 aliphatic heterocycles. The molecule has 1 amide bonds. The minimum absolute atomic E-state index is 0.0126. The number of hydrogen-bond donors (Lipinski definition) is 3. The zero-order chi connectivity index (χ0) is 13.7. The monoisotopic (exact) mass is 269 g/mol. The Hall–Kier alpha value is -1.14. The van der Waals surface area contributed by atoms with E-state index < -0.39 is 5.97 Å². The van der Waals surface area contributed by atoms with E-state index in [1.807, 2.05) is 0 Å². The number of carbonyl (C=O) groups excluding carboxylic acids is 1. The Morgan fingerprint density at radius 2 is 1.95 bits per heavy atom. The van der Waals surface area contributed by atoms with Crippen molar-refractivity contribution in [1.82, 2.24) is 15.5 Å². The van der Waals surface area contributed by atoms with Gasteiger partial charge in [0.05, 0.1) is 13.0 Å². The van der Waals surface area contributed by atoms with Gasteiger partial charge in [-0.05, 0) is 18.3 Å². The first-order chi connectivity index (χ1) is 9.10. The topological polar surface area (TPSA) is 81.7 Å². The quantitative estimate of drug-likeness (QED) is 0.614. The summed E-state index contributed by atoms with van der Waals surface area (Å²) in [6, 6.07) is 0. The van der Waals surface area contributed by atoms with Crippen LogP contribution in [0.2, 0.25) is 0 Å². The van der Waals surface area contributed by atoms with Gasteiger partial charge in [-0.1, -0.05) is 6.42 Å². The second-order valence-corrected chi connectivity index (χ2v) is 5.73. The maximum atomic E-state index is 11.9. The smallest absolute Gasteiger partial charge is 0.303 e. The maximum Gasteiger partial charge on any atom is 0.303 e. The first-order valence-electron chi connectivity index (χ1n) is 7.01. The summed E-state index contributed by atoms with van der Waals surface area (Å²) in [4.78, 5) is 24.8. The summed E-state index contributed by atoms with van der Waals surface area (Å²) in [6.07, 6.45) is 3.06. The lowest BCUT2D eigenvalue weighted by Gasteiger charge is -2.41. The molecule has 0 aromatic heterocycles. The molecule has 2 fully saturated rings. The minimum atomic E-state index is -0.768. The molecule has 2 rings (SSSR count). The third kappa shape index (κ3) is 4.18. The number of amides is 1. The fraction of sp³-hybridized carbons (Fsp3) is 0.846. The molecule has 0 atom stereocenters. The van der Waals surface area contributed by atoms with E-state index in [2.05, 4.69) is 15.5 Å². The van der Waals surface area contributed by atoms with Crippen LogP contribution in [-0.2, 0) is 9.59 Å². The molecule has 1 heterocycles. The summed E-state index contributed by atoms with van der Waals surface area (Å²) < 4.78 is 0. The Balaban J connectivity index is 1.71. The second-order valence-electron chi connectivity index (χ2n) is 5.73. The van der Waals surface area contributed by atoms with Crippen LogP contribution in [0.4, 0.5) is 0 Å². The van der Waals surface area contributed by atoms with Crippen LogP contribution in [0.25, 0.3) is 0 Å². The second kappa shape index (κ2) is 6.34. The molecule has 1 saturated heterocycles. The van der Waals surface area contributed by atoms with Crippen molar-refractivity contribution >= 4 is 11.9 Å². The van der Waals surface area contributed by atoms with Crippen molar-refractivity contribution < 1.29 is 14.7 Å². The number of hydrogen-bond acceptors (Lipinski definition) is 4. The van der Waals surface area contributed by atoms with Crippen molar-refractivity contribution in [3.63, 3.8) is 0 Å². The summed E-state index contributed by atoms with van der Waals surface area (Å²) in [5, 5.41) is 15.1. The van der Waals surface area contributed by atoms with E-state index in [1.54, 1.807) is 0 Å². The zero-order valence-corrected chi connectivity index (χ0v) is 11.3. The summed E-state index contributed by atoms with van der Waals surface area (Å²) in [5.74, 6) is -0.755. The molecule has 3 N–H and O–H groups in total. The van der Waals surface area contributed by atoms with Gasteiger partial charge < -0.3 is 15.7 Å². The van der Waals surface area contributed by atoms with Gasteiger partial charge in [-0.25, -0.2) is 0 Å². The van der Waals surface area contributed by atoms with E-state index in [1.165, 1.54) is 0 Å². The van der Waals surface area contributed by atoms with Crippen molar-refractivity contribution in [2.75, 3.05) is 39.3 Å². The summed E-state index contributed by atoms with van der Waals surface area (Å²) in [7, 11) is 0. The number of carboxylic acids is 1. The fourth-order valence-electron chi connectivity index (χ4n) is 2.83. The summed E-state index contributed by atoms with van der Waals surface area (Å²) in [5.41, 5.74) is -0.190. The number of piperazine rings is 1. The number of aliphatic carboxylic acids is 1. The molecule has 0 unspecified atom stereocenters. The lowest BCUT2D eigenvalue weighted by Crippen LogP contribution is -2.50. The SMILES string of the molecule is O=C(O)CC1(CNC(=O)CN2CCNCC2)CCC1. The van der Waals surface area contributed by atoms with Crippen LogP contribution in [0.5, 0.6) is 0 Å². The highest BCUT2D eigenvalue weighted by molar-refractivity contribution is 5.78. The van der Waals surface area contributed by atoms with E-state index in [-0.39, 0.29) is 17.7 Å². The number of carbonyl (C=O) groups is 2. The van der Waals surface area contributed by atoms with E-state index in [0.717, 1.165) is 45.4 Å². The predicted octanol–water partition coefficient (Wildman–Crippen LogP) is -0.347. The molecule has 0 aromatic carbocycles. The summed E-state index contributed by atoms with van der Waals surface area (Å²) in [6.45, 7) is 4.57. The molecule has 0 radical (unpaired) electrons. The van der Waals surface area contributed by atoms with Crippen molar-refractivity contribution in [2.24, 2.45) is 5.41 Å². The van der Waals surface area contributed by atoms with Gasteiger partial charge in [0.1, 0.15) is 0 Å². The average molecular weight is 269 g/mol. The molecule has 0 spiro atoms. The predicted molar refractivity (Wildman–Crippen MR) is 70.9 cm³/mol. The van der Waals surface area contributed by atoms with Crippen molar-refractivity contribution in [3.05, 3.63) is 0 Å². The van der Waals surface area contributed by atoms with Crippen molar-refractivity contribution in [1.29, 1.82) is 0 Å². The van der Waals surface area contributed by atoms with Gasteiger partial charge in [0.15, 0.2) is 0 Å². The molecule has 108 valence electrons. The summed E-state index contributed by atoms with van der Waals surface area (Å²) >= 11 is 0. The van der Waals surface area contributed by atoms with Gasteiger partial charge in [0.25, 0.3) is 0 Å². The molecule has 1 aliphatic carbocycles. The van der Waals surface area contributed by atoms with Gasteiger partial charge >= 0.3 is 5.97 Å². The van der Waals surface area contributed by atoms with Crippen LogP contribution in [-0.4, -0.2) is 61.2 Å². The Morgan fingerprint density at radius 1 is 1.26 bits per heavy atom. The van der Waals surface area contributed by atoms with Crippen LogP contribution in [0.1, 0.15) is 25.7 Å². The van der Waals surface area contributed by atoms with Crippen molar-refractivity contribution in [2.45, 2.75) is 25.7 Å². The highest BCUT2D eigenvalue weighted by Gasteiger charge is 2.39. The maximum absolute atomic E-state index is 11.9. The first kappa shape index (κ1) is 14.3. The Kier molecular flexibility index (Phi) is 4.76. The van der Waals surface area contributed by atoms with Crippen LogP contribution in [0.3, 0.4) is 0 Å². The van der Waals surface area contributed by atoms with E-state index >= 15 is 0 Å². The Bertz CT molecular complexity index is 336. The fourth-order valence-corrected chi connectivity index (χ4v) is 2.83. The lowest BCUT2D eigenvalue weighted by atomic mass is 9.66. The molecule has 6 nitrogen and oxygen atoms in total. The lowest BCUT2D eigenvalue weighted by molar-refractivity contribution is -0.142. The van der Waals surface area contributed by atoms with E-state index in [0.29, 0.717) is 13.1 Å². The minimum Gasteiger partial charge on any atom is -0.481 e. The standard InChI is InChI=1S/C13H23N3O3/c17-11(9-16-6-4-14-5-7-16)15-10-13(2-1-3-13)8-12(18)19/h14H,1-10H2,(H,15,17)(H,18,19). The number of nitrogens with one attached hydrogen (secondary N) is 2. The molecule has 1 saturated carbocycles. The number of rotatable bonds is 6. The molecule has 19 heavy (non-hydrogen) atoms. The van der Waals surface area contributed by atoms with Crippen molar-refractivity contribution in [3.8, 4) is 0 Å². The third-order valence-corrected chi connectivity index (χ3v) is 4.18. The van der Waals surface area contributed by atoms with Gasteiger partial charge in [-0.2, -0.15) is 0 Å². The van der Waals surface area contributed by atoms with Gasteiger partial charge in [0.2, 0.25) is 5.91 Å². The molecular formula is C13H23N3O3. The van der Waals surface area contributed by atoms with E-state index in [4.69, 9.17) is 5.11 Å². The third-order valence-electron chi connectivity index (χ3n) is 4.18. The zero-order valence-electron chi connectivity index (χ0n) is 11.3. The first-order valence-corrected chi connectivity index (χ1v) is 7.01.